The smallest absolute Gasteiger partial charge is 0.307 e. The molecule has 184 valence electrons. The number of ether oxygens (including phenoxy) is 1. The molecule has 4 rings (SSSR count). The van der Waals surface area contributed by atoms with E-state index in [1.165, 1.54) is 12.1 Å². The molecule has 36 heavy (non-hydrogen) atoms. The van der Waals surface area contributed by atoms with Crippen LogP contribution < -0.4 is 0 Å². The third-order valence-corrected chi connectivity index (χ3v) is 5.51. The number of carbonyl (C=O) groups is 2. The van der Waals surface area contributed by atoms with Crippen molar-refractivity contribution in [1.29, 1.82) is 0 Å². The summed E-state index contributed by atoms with van der Waals surface area (Å²) in [4.78, 5) is 31.6. The molecular weight excluding hydrogens is 461 g/mol. The highest BCUT2D eigenvalue weighted by Crippen LogP contribution is 2.17. The third-order valence-electron chi connectivity index (χ3n) is 5.51. The number of rotatable bonds is 10. The van der Waals surface area contributed by atoms with Crippen molar-refractivity contribution < 1.29 is 23.2 Å². The number of esters is 1. The molecule has 1 amide bonds. The fourth-order valence-corrected chi connectivity index (χ4v) is 3.66. The van der Waals surface area contributed by atoms with E-state index in [4.69, 9.17) is 9.26 Å². The lowest BCUT2D eigenvalue weighted by Crippen LogP contribution is -2.39. The van der Waals surface area contributed by atoms with Crippen molar-refractivity contribution >= 4 is 11.9 Å². The minimum atomic E-state index is -0.956. The molecule has 0 saturated heterocycles. The van der Waals surface area contributed by atoms with Crippen LogP contribution in [0.3, 0.4) is 0 Å². The topological polar surface area (TPSA) is 85.5 Å². The standard InChI is InChI=1S/C28H26FN3O4/c1-20(28(34)32(18-21-8-4-2-5-9-21)19-22-10-6-3-7-11-22)35-26(33)17-16-25-30-27(31-36-25)23-12-14-24(29)15-13-23/h2-15,20H,16-19H2,1H3. The van der Waals surface area contributed by atoms with Crippen LogP contribution in [0.2, 0.25) is 0 Å². The summed E-state index contributed by atoms with van der Waals surface area (Å²) >= 11 is 0. The van der Waals surface area contributed by atoms with Crippen molar-refractivity contribution in [3.63, 3.8) is 0 Å². The van der Waals surface area contributed by atoms with E-state index in [1.807, 2.05) is 60.7 Å². The highest BCUT2D eigenvalue weighted by atomic mass is 19.1. The minimum absolute atomic E-state index is 0.0277. The largest absolute Gasteiger partial charge is 0.453 e. The molecule has 1 unspecified atom stereocenters. The van der Waals surface area contributed by atoms with Gasteiger partial charge in [-0.05, 0) is 42.3 Å². The van der Waals surface area contributed by atoms with Gasteiger partial charge in [0.2, 0.25) is 11.7 Å². The molecule has 0 radical (unpaired) electrons. The van der Waals surface area contributed by atoms with E-state index in [0.29, 0.717) is 24.5 Å². The Bertz CT molecular complexity index is 1240. The normalized spacial score (nSPS) is 11.6. The van der Waals surface area contributed by atoms with Crippen molar-refractivity contribution in [2.45, 2.75) is 39.0 Å². The predicted molar refractivity (Wildman–Crippen MR) is 131 cm³/mol. The summed E-state index contributed by atoms with van der Waals surface area (Å²) in [5.74, 6) is -0.636. The van der Waals surface area contributed by atoms with Crippen molar-refractivity contribution in [3.05, 3.63) is 108 Å². The number of aryl methyl sites for hydroxylation is 1. The number of benzene rings is 3. The van der Waals surface area contributed by atoms with Crippen LogP contribution in [-0.2, 0) is 33.8 Å². The van der Waals surface area contributed by atoms with E-state index in [9.17, 15) is 14.0 Å². The molecule has 0 saturated carbocycles. The van der Waals surface area contributed by atoms with Crippen molar-refractivity contribution in [2.24, 2.45) is 0 Å². The lowest BCUT2D eigenvalue weighted by atomic mass is 10.1. The maximum Gasteiger partial charge on any atom is 0.307 e. The molecule has 3 aromatic carbocycles. The van der Waals surface area contributed by atoms with Gasteiger partial charge in [-0.25, -0.2) is 4.39 Å². The van der Waals surface area contributed by atoms with Gasteiger partial charge in [0, 0.05) is 25.1 Å². The van der Waals surface area contributed by atoms with Gasteiger partial charge in [-0.3, -0.25) is 9.59 Å². The Hall–Kier alpha value is -4.33. The Labute approximate surface area is 208 Å². The van der Waals surface area contributed by atoms with Gasteiger partial charge in [0.25, 0.3) is 5.91 Å². The van der Waals surface area contributed by atoms with E-state index in [-0.39, 0.29) is 30.5 Å². The van der Waals surface area contributed by atoms with Gasteiger partial charge in [-0.15, -0.1) is 0 Å². The minimum Gasteiger partial charge on any atom is -0.453 e. The number of hydrogen-bond donors (Lipinski definition) is 0. The van der Waals surface area contributed by atoms with Gasteiger partial charge in [0.15, 0.2) is 6.10 Å². The monoisotopic (exact) mass is 487 g/mol. The van der Waals surface area contributed by atoms with Crippen molar-refractivity contribution in [1.82, 2.24) is 15.0 Å². The van der Waals surface area contributed by atoms with Crippen molar-refractivity contribution in [3.8, 4) is 11.4 Å². The molecule has 0 fully saturated rings. The number of aromatic nitrogens is 2. The van der Waals surface area contributed by atoms with Gasteiger partial charge in [0.1, 0.15) is 5.82 Å². The molecule has 8 heteroatoms. The molecule has 1 aromatic heterocycles. The Morgan fingerprint density at radius 3 is 2.08 bits per heavy atom. The number of hydrogen-bond acceptors (Lipinski definition) is 6. The molecule has 0 bridgehead atoms. The van der Waals surface area contributed by atoms with Gasteiger partial charge in [0.05, 0.1) is 6.42 Å². The Balaban J connectivity index is 1.34. The number of halogens is 1. The Morgan fingerprint density at radius 1 is 0.917 bits per heavy atom. The summed E-state index contributed by atoms with van der Waals surface area (Å²) in [5, 5.41) is 3.86. The summed E-state index contributed by atoms with van der Waals surface area (Å²) in [7, 11) is 0. The Morgan fingerprint density at radius 2 is 1.50 bits per heavy atom. The molecule has 0 aliphatic heterocycles. The second kappa shape index (κ2) is 11.9. The third kappa shape index (κ3) is 6.85. The second-order valence-corrected chi connectivity index (χ2v) is 8.32. The van der Waals surface area contributed by atoms with E-state index < -0.39 is 12.1 Å². The maximum atomic E-state index is 13.2. The van der Waals surface area contributed by atoms with Crippen LogP contribution in [0.5, 0.6) is 0 Å². The predicted octanol–water partition coefficient (Wildman–Crippen LogP) is 4.97. The molecule has 0 N–H and O–H groups in total. The van der Waals surface area contributed by atoms with Crippen LogP contribution in [0.1, 0.15) is 30.4 Å². The average Bonchev–Trinajstić information content (AvgIpc) is 3.37. The zero-order valence-electron chi connectivity index (χ0n) is 19.8. The summed E-state index contributed by atoms with van der Waals surface area (Å²) in [6.45, 7) is 2.36. The summed E-state index contributed by atoms with van der Waals surface area (Å²) in [6.07, 6.45) is -0.825. The molecule has 0 aliphatic rings. The lowest BCUT2D eigenvalue weighted by molar-refractivity contribution is -0.159. The van der Waals surface area contributed by atoms with Gasteiger partial charge >= 0.3 is 5.97 Å². The first-order valence-electron chi connectivity index (χ1n) is 11.6. The summed E-state index contributed by atoms with van der Waals surface area (Å²) in [6, 6.07) is 25.0. The van der Waals surface area contributed by atoms with Crippen LogP contribution in [0.15, 0.2) is 89.5 Å². The van der Waals surface area contributed by atoms with Crippen LogP contribution in [-0.4, -0.2) is 33.0 Å². The van der Waals surface area contributed by atoms with Crippen LogP contribution >= 0.6 is 0 Å². The van der Waals surface area contributed by atoms with Crippen LogP contribution in [0.4, 0.5) is 4.39 Å². The molecule has 4 aromatic rings. The quantitative estimate of drug-likeness (QED) is 0.294. The Kier molecular flexibility index (Phi) is 8.18. The fourth-order valence-electron chi connectivity index (χ4n) is 3.66. The fraction of sp³-hybridized carbons (Fsp3) is 0.214. The second-order valence-electron chi connectivity index (χ2n) is 8.32. The average molecular weight is 488 g/mol. The van der Waals surface area contributed by atoms with Crippen LogP contribution in [0, 0.1) is 5.82 Å². The molecule has 1 atom stereocenters. The van der Waals surface area contributed by atoms with E-state index >= 15 is 0 Å². The van der Waals surface area contributed by atoms with Crippen LogP contribution in [0.25, 0.3) is 11.4 Å². The van der Waals surface area contributed by atoms with Gasteiger partial charge in [-0.1, -0.05) is 65.8 Å². The maximum absolute atomic E-state index is 13.2. The SMILES string of the molecule is CC(OC(=O)CCc1nc(-c2ccc(F)cc2)no1)C(=O)N(Cc1ccccc1)Cc1ccccc1. The lowest BCUT2D eigenvalue weighted by Gasteiger charge is -2.26. The summed E-state index contributed by atoms with van der Waals surface area (Å²) in [5.41, 5.74) is 2.56. The zero-order valence-corrected chi connectivity index (χ0v) is 19.8. The van der Waals surface area contributed by atoms with Gasteiger partial charge < -0.3 is 14.2 Å². The zero-order chi connectivity index (χ0) is 25.3. The highest BCUT2D eigenvalue weighted by molar-refractivity contribution is 5.83. The number of amides is 1. The molecule has 0 spiro atoms. The van der Waals surface area contributed by atoms with E-state index in [2.05, 4.69) is 10.1 Å². The summed E-state index contributed by atoms with van der Waals surface area (Å²) < 4.78 is 23.7. The highest BCUT2D eigenvalue weighted by Gasteiger charge is 2.24. The molecule has 7 nitrogen and oxygen atoms in total. The molecule has 0 aliphatic carbocycles. The number of nitrogens with zero attached hydrogens (tertiary/aromatic N) is 3. The number of carbonyl (C=O) groups excluding carboxylic acids is 2. The molecule has 1 heterocycles. The first kappa shape index (κ1) is 24.8. The van der Waals surface area contributed by atoms with E-state index in [1.54, 1.807) is 24.0 Å². The first-order chi connectivity index (χ1) is 17.5. The van der Waals surface area contributed by atoms with Crippen molar-refractivity contribution in [2.75, 3.05) is 0 Å². The van der Waals surface area contributed by atoms with E-state index in [0.717, 1.165) is 11.1 Å². The molecular formula is C28H26FN3O4. The first-order valence-corrected chi connectivity index (χ1v) is 11.6. The van der Waals surface area contributed by atoms with Gasteiger partial charge in [-0.2, -0.15) is 4.98 Å².